The fourth-order valence-corrected chi connectivity index (χ4v) is 2.57. The van der Waals surface area contributed by atoms with Gasteiger partial charge in [-0.1, -0.05) is 6.92 Å². The molecule has 0 saturated carbocycles. The molecule has 0 radical (unpaired) electrons. The van der Waals surface area contributed by atoms with Gasteiger partial charge in [-0.25, -0.2) is 0 Å². The van der Waals surface area contributed by atoms with Gasteiger partial charge in [-0.3, -0.25) is 4.21 Å². The van der Waals surface area contributed by atoms with Gasteiger partial charge in [0.25, 0.3) is 0 Å². The van der Waals surface area contributed by atoms with E-state index in [1.165, 1.54) is 6.42 Å². The van der Waals surface area contributed by atoms with Crippen molar-refractivity contribution < 1.29 is 4.21 Å². The summed E-state index contributed by atoms with van der Waals surface area (Å²) in [5, 5.41) is 3.38. The van der Waals surface area contributed by atoms with Crippen molar-refractivity contribution in [2.45, 2.75) is 13.3 Å². The Balaban J connectivity index is 1.99. The third kappa shape index (κ3) is 4.74. The fraction of sp³-hybridized carbons (Fsp3) is 1.00. The molecular formula is C9H20N2OS. The van der Waals surface area contributed by atoms with Crippen LogP contribution in [0.5, 0.6) is 0 Å². The molecule has 0 aliphatic carbocycles. The highest BCUT2D eigenvalue weighted by atomic mass is 32.2. The Morgan fingerprint density at radius 3 is 2.62 bits per heavy atom. The Kier molecular flexibility index (Phi) is 5.58. The van der Waals surface area contributed by atoms with E-state index in [9.17, 15) is 4.21 Å². The minimum atomic E-state index is -0.532. The molecule has 1 N–H and O–H groups in total. The molecule has 0 amide bonds. The van der Waals surface area contributed by atoms with Gasteiger partial charge in [0.2, 0.25) is 0 Å². The van der Waals surface area contributed by atoms with Crippen molar-refractivity contribution in [1.82, 2.24) is 10.2 Å². The zero-order chi connectivity index (χ0) is 9.52. The van der Waals surface area contributed by atoms with Crippen molar-refractivity contribution in [3.63, 3.8) is 0 Å². The average Bonchev–Trinajstić information content (AvgIpc) is 2.15. The van der Waals surface area contributed by atoms with Crippen molar-refractivity contribution in [3.8, 4) is 0 Å². The monoisotopic (exact) mass is 204 g/mol. The number of rotatable bonds is 5. The zero-order valence-corrected chi connectivity index (χ0v) is 9.24. The summed E-state index contributed by atoms with van der Waals surface area (Å²) in [5.41, 5.74) is 0. The number of hydrogen-bond donors (Lipinski definition) is 1. The molecule has 0 atom stereocenters. The van der Waals surface area contributed by atoms with E-state index in [0.29, 0.717) is 0 Å². The van der Waals surface area contributed by atoms with Crippen molar-refractivity contribution in [2.24, 2.45) is 0 Å². The molecule has 0 bridgehead atoms. The van der Waals surface area contributed by atoms with Crippen molar-refractivity contribution in [3.05, 3.63) is 0 Å². The number of nitrogens with zero attached hydrogens (tertiary/aromatic N) is 1. The van der Waals surface area contributed by atoms with Crippen LogP contribution in [0.1, 0.15) is 13.3 Å². The minimum absolute atomic E-state index is 0.532. The molecule has 1 saturated heterocycles. The first kappa shape index (κ1) is 11.1. The summed E-state index contributed by atoms with van der Waals surface area (Å²) in [6.45, 7) is 7.50. The molecule has 1 heterocycles. The van der Waals surface area contributed by atoms with Gasteiger partial charge in [0.15, 0.2) is 0 Å². The predicted molar refractivity (Wildman–Crippen MR) is 57.5 cm³/mol. The van der Waals surface area contributed by atoms with Gasteiger partial charge in [0, 0.05) is 48.5 Å². The molecule has 1 aliphatic rings. The summed E-state index contributed by atoms with van der Waals surface area (Å²) in [5.74, 6) is 1.74. The van der Waals surface area contributed by atoms with Crippen LogP contribution in [0.2, 0.25) is 0 Å². The second kappa shape index (κ2) is 6.51. The first-order chi connectivity index (χ1) is 6.33. The quantitative estimate of drug-likeness (QED) is 0.642. The maximum Gasteiger partial charge on any atom is 0.0363 e. The topological polar surface area (TPSA) is 32.3 Å². The normalized spacial score (nSPS) is 20.7. The number of hydrogen-bond acceptors (Lipinski definition) is 3. The van der Waals surface area contributed by atoms with Crippen LogP contribution in [-0.4, -0.2) is 53.3 Å². The molecule has 0 unspecified atom stereocenters. The number of nitrogens with one attached hydrogen (secondary N) is 1. The maximum atomic E-state index is 11.1. The fourth-order valence-electron chi connectivity index (χ4n) is 1.44. The SMILES string of the molecule is CCCNCCN1CCS(=O)CC1. The minimum Gasteiger partial charge on any atom is -0.315 e. The summed E-state index contributed by atoms with van der Waals surface area (Å²) in [4.78, 5) is 2.39. The van der Waals surface area contributed by atoms with E-state index in [1.807, 2.05) is 0 Å². The van der Waals surface area contributed by atoms with Crippen LogP contribution in [0.25, 0.3) is 0 Å². The van der Waals surface area contributed by atoms with E-state index in [1.54, 1.807) is 0 Å². The highest BCUT2D eigenvalue weighted by Gasteiger charge is 2.13. The van der Waals surface area contributed by atoms with Crippen LogP contribution in [0.3, 0.4) is 0 Å². The van der Waals surface area contributed by atoms with E-state index in [0.717, 1.165) is 44.2 Å². The summed E-state index contributed by atoms with van der Waals surface area (Å²) < 4.78 is 11.1. The van der Waals surface area contributed by atoms with Crippen LogP contribution in [0.15, 0.2) is 0 Å². The largest absolute Gasteiger partial charge is 0.315 e. The molecule has 1 aliphatic heterocycles. The van der Waals surface area contributed by atoms with Gasteiger partial charge in [-0.05, 0) is 13.0 Å². The Labute approximate surface area is 83.3 Å². The van der Waals surface area contributed by atoms with Crippen LogP contribution in [-0.2, 0) is 10.8 Å². The Hall–Kier alpha value is 0.0700. The standard InChI is InChI=1S/C9H20N2OS/c1-2-3-10-4-5-11-6-8-13(12)9-7-11/h10H,2-9H2,1H3. The molecule has 4 heteroatoms. The van der Waals surface area contributed by atoms with Crippen molar-refractivity contribution >= 4 is 10.8 Å². The molecule has 0 aromatic carbocycles. The smallest absolute Gasteiger partial charge is 0.0363 e. The van der Waals surface area contributed by atoms with E-state index in [4.69, 9.17) is 0 Å². The third-order valence-electron chi connectivity index (χ3n) is 2.30. The van der Waals surface area contributed by atoms with E-state index in [2.05, 4.69) is 17.1 Å². The molecule has 78 valence electrons. The molecule has 1 fully saturated rings. The van der Waals surface area contributed by atoms with Gasteiger partial charge in [0.05, 0.1) is 0 Å². The van der Waals surface area contributed by atoms with Crippen LogP contribution >= 0.6 is 0 Å². The van der Waals surface area contributed by atoms with E-state index < -0.39 is 10.8 Å². The molecule has 1 rings (SSSR count). The van der Waals surface area contributed by atoms with Gasteiger partial charge in [-0.15, -0.1) is 0 Å². The lowest BCUT2D eigenvalue weighted by atomic mass is 10.4. The van der Waals surface area contributed by atoms with E-state index in [-0.39, 0.29) is 0 Å². The Bertz CT molecular complexity index is 154. The predicted octanol–water partition coefficient (Wildman–Crippen LogP) is 0.0503. The maximum absolute atomic E-state index is 11.1. The van der Waals surface area contributed by atoms with Crippen LogP contribution < -0.4 is 5.32 Å². The molecule has 0 aromatic heterocycles. The lowest BCUT2D eigenvalue weighted by Gasteiger charge is -2.25. The molecule has 0 aromatic rings. The molecule has 0 spiro atoms. The highest BCUT2D eigenvalue weighted by Crippen LogP contribution is 1.98. The van der Waals surface area contributed by atoms with E-state index >= 15 is 0 Å². The third-order valence-corrected chi connectivity index (χ3v) is 3.58. The zero-order valence-electron chi connectivity index (χ0n) is 8.42. The van der Waals surface area contributed by atoms with Gasteiger partial charge < -0.3 is 10.2 Å². The Morgan fingerprint density at radius 2 is 2.00 bits per heavy atom. The van der Waals surface area contributed by atoms with Crippen molar-refractivity contribution in [1.29, 1.82) is 0 Å². The first-order valence-electron chi connectivity index (χ1n) is 5.11. The molecule has 3 nitrogen and oxygen atoms in total. The lowest BCUT2D eigenvalue weighted by Crippen LogP contribution is -2.41. The summed E-state index contributed by atoms with van der Waals surface area (Å²) in [6, 6.07) is 0. The summed E-state index contributed by atoms with van der Waals surface area (Å²) in [6.07, 6.45) is 1.20. The summed E-state index contributed by atoms with van der Waals surface area (Å²) >= 11 is 0. The van der Waals surface area contributed by atoms with Gasteiger partial charge in [0.1, 0.15) is 0 Å². The second-order valence-corrected chi connectivity index (χ2v) is 5.14. The molecular weight excluding hydrogens is 184 g/mol. The summed E-state index contributed by atoms with van der Waals surface area (Å²) in [7, 11) is -0.532. The highest BCUT2D eigenvalue weighted by molar-refractivity contribution is 7.85. The van der Waals surface area contributed by atoms with Gasteiger partial charge in [-0.2, -0.15) is 0 Å². The average molecular weight is 204 g/mol. The molecule has 13 heavy (non-hydrogen) atoms. The lowest BCUT2D eigenvalue weighted by molar-refractivity contribution is 0.298. The van der Waals surface area contributed by atoms with Gasteiger partial charge >= 0.3 is 0 Å². The van der Waals surface area contributed by atoms with Crippen LogP contribution in [0, 0.1) is 0 Å². The van der Waals surface area contributed by atoms with Crippen molar-refractivity contribution in [2.75, 3.05) is 44.2 Å². The second-order valence-electron chi connectivity index (χ2n) is 3.44. The first-order valence-corrected chi connectivity index (χ1v) is 6.59. The Morgan fingerprint density at radius 1 is 1.31 bits per heavy atom. The van der Waals surface area contributed by atoms with Crippen LogP contribution in [0.4, 0.5) is 0 Å².